The zero-order valence-electron chi connectivity index (χ0n) is 19.3. The summed E-state index contributed by atoms with van der Waals surface area (Å²) < 4.78 is 5.49. The molecule has 0 spiro atoms. The average Bonchev–Trinajstić information content (AvgIpc) is 3.29. The van der Waals surface area contributed by atoms with Crippen molar-refractivity contribution in [2.24, 2.45) is 5.41 Å². The summed E-state index contributed by atoms with van der Waals surface area (Å²) in [6.07, 6.45) is 2.81. The van der Waals surface area contributed by atoms with Gasteiger partial charge in [0.1, 0.15) is 11.4 Å². The molecule has 2 amide bonds. The van der Waals surface area contributed by atoms with Gasteiger partial charge in [-0.1, -0.05) is 48.5 Å². The lowest BCUT2D eigenvalue weighted by atomic mass is 9.79. The molecule has 1 aliphatic heterocycles. The SMILES string of the molecule is COc1ccccc1-c1ccc(C[C@]2(C(=O)N(C)C)CCN(C(=O)c3ccccn3)C2)cc1. The van der Waals surface area contributed by atoms with E-state index < -0.39 is 5.41 Å². The van der Waals surface area contributed by atoms with Crippen molar-refractivity contribution in [1.29, 1.82) is 0 Å². The van der Waals surface area contributed by atoms with Crippen LogP contribution in [0.1, 0.15) is 22.5 Å². The first kappa shape index (κ1) is 22.5. The fourth-order valence-electron chi connectivity index (χ4n) is 4.64. The Balaban J connectivity index is 1.57. The molecule has 0 saturated carbocycles. The van der Waals surface area contributed by atoms with Crippen LogP contribution in [0.3, 0.4) is 0 Å². The third-order valence-corrected chi connectivity index (χ3v) is 6.30. The number of hydrogen-bond donors (Lipinski definition) is 0. The maximum absolute atomic E-state index is 13.3. The van der Waals surface area contributed by atoms with Gasteiger partial charge in [0, 0.05) is 38.9 Å². The van der Waals surface area contributed by atoms with Crippen LogP contribution in [0.5, 0.6) is 5.75 Å². The Bertz CT molecular complexity index is 1130. The Labute approximate surface area is 194 Å². The molecule has 170 valence electrons. The van der Waals surface area contributed by atoms with Crippen molar-refractivity contribution in [2.45, 2.75) is 12.8 Å². The lowest BCUT2D eigenvalue weighted by molar-refractivity contribution is -0.138. The average molecular weight is 444 g/mol. The number of hydrogen-bond acceptors (Lipinski definition) is 4. The second kappa shape index (κ2) is 9.45. The Morgan fingerprint density at radius 1 is 1.03 bits per heavy atom. The molecule has 1 aliphatic rings. The molecule has 4 rings (SSSR count). The number of para-hydroxylation sites is 1. The van der Waals surface area contributed by atoms with Crippen LogP contribution in [0.25, 0.3) is 11.1 Å². The maximum atomic E-state index is 13.3. The minimum absolute atomic E-state index is 0.0487. The Hall–Kier alpha value is -3.67. The molecule has 1 saturated heterocycles. The standard InChI is InChI=1S/C27H29N3O3/c1-29(2)26(32)27(15-17-30(19-27)25(31)23-9-6-7-16-28-23)18-20-11-13-21(14-12-20)22-8-4-5-10-24(22)33-3/h4-14,16H,15,17-19H2,1-3H3/t27-/m1/s1. The van der Waals surface area contributed by atoms with E-state index in [1.807, 2.05) is 24.3 Å². The van der Waals surface area contributed by atoms with Gasteiger partial charge in [-0.3, -0.25) is 14.6 Å². The van der Waals surface area contributed by atoms with E-state index in [1.165, 1.54) is 0 Å². The maximum Gasteiger partial charge on any atom is 0.272 e. The van der Waals surface area contributed by atoms with Crippen LogP contribution in [0.2, 0.25) is 0 Å². The molecule has 0 bridgehead atoms. The van der Waals surface area contributed by atoms with E-state index in [-0.39, 0.29) is 11.8 Å². The summed E-state index contributed by atoms with van der Waals surface area (Å²) in [6.45, 7) is 0.919. The first-order valence-electron chi connectivity index (χ1n) is 11.1. The Kier molecular flexibility index (Phi) is 6.45. The summed E-state index contributed by atoms with van der Waals surface area (Å²) >= 11 is 0. The fraction of sp³-hybridized carbons (Fsp3) is 0.296. The van der Waals surface area contributed by atoms with Crippen LogP contribution in [-0.2, 0) is 11.2 Å². The molecular weight excluding hydrogens is 414 g/mol. The zero-order chi connectivity index (χ0) is 23.4. The van der Waals surface area contributed by atoms with Crippen molar-refractivity contribution in [1.82, 2.24) is 14.8 Å². The van der Waals surface area contributed by atoms with Gasteiger partial charge in [-0.2, -0.15) is 0 Å². The van der Waals surface area contributed by atoms with Gasteiger partial charge < -0.3 is 14.5 Å². The van der Waals surface area contributed by atoms with Gasteiger partial charge in [0.25, 0.3) is 5.91 Å². The molecule has 1 aromatic heterocycles. The second-order valence-electron chi connectivity index (χ2n) is 8.75. The Morgan fingerprint density at radius 2 is 1.76 bits per heavy atom. The van der Waals surface area contributed by atoms with Gasteiger partial charge in [0.2, 0.25) is 5.91 Å². The minimum atomic E-state index is -0.653. The van der Waals surface area contributed by atoms with E-state index in [4.69, 9.17) is 4.74 Å². The molecule has 3 aromatic rings. The van der Waals surface area contributed by atoms with Crippen LogP contribution in [0, 0.1) is 5.41 Å². The number of benzene rings is 2. The molecule has 1 fully saturated rings. The predicted molar refractivity (Wildman–Crippen MR) is 128 cm³/mol. The number of methoxy groups -OCH3 is 1. The molecule has 0 unspecified atom stereocenters. The lowest BCUT2D eigenvalue weighted by Gasteiger charge is -2.31. The zero-order valence-corrected chi connectivity index (χ0v) is 19.3. The number of pyridine rings is 1. The van der Waals surface area contributed by atoms with Gasteiger partial charge in [-0.15, -0.1) is 0 Å². The molecule has 33 heavy (non-hydrogen) atoms. The number of amides is 2. The van der Waals surface area contributed by atoms with Crippen LogP contribution < -0.4 is 4.74 Å². The van der Waals surface area contributed by atoms with Crippen molar-refractivity contribution < 1.29 is 14.3 Å². The van der Waals surface area contributed by atoms with Gasteiger partial charge >= 0.3 is 0 Å². The lowest BCUT2D eigenvalue weighted by Crippen LogP contribution is -2.44. The number of aromatic nitrogens is 1. The summed E-state index contributed by atoms with van der Waals surface area (Å²) in [5.74, 6) is 0.743. The van der Waals surface area contributed by atoms with Gasteiger partial charge in [-0.25, -0.2) is 0 Å². The quantitative estimate of drug-likeness (QED) is 0.579. The van der Waals surface area contributed by atoms with E-state index in [1.54, 1.807) is 55.4 Å². The molecular formula is C27H29N3O3. The predicted octanol–water partition coefficient (Wildman–Crippen LogP) is 3.92. The molecule has 0 aliphatic carbocycles. The van der Waals surface area contributed by atoms with E-state index >= 15 is 0 Å². The first-order chi connectivity index (χ1) is 15.9. The molecule has 0 N–H and O–H groups in total. The molecule has 6 heteroatoms. The topological polar surface area (TPSA) is 62.7 Å². The highest BCUT2D eigenvalue weighted by Crippen LogP contribution is 2.37. The number of ether oxygens (including phenoxy) is 1. The number of nitrogens with zero attached hydrogens (tertiary/aromatic N) is 3. The number of rotatable bonds is 6. The summed E-state index contributed by atoms with van der Waals surface area (Å²) in [6, 6.07) is 21.5. The van der Waals surface area contributed by atoms with Gasteiger partial charge in [-0.05, 0) is 42.2 Å². The monoisotopic (exact) mass is 443 g/mol. The largest absolute Gasteiger partial charge is 0.496 e. The minimum Gasteiger partial charge on any atom is -0.496 e. The molecule has 2 aromatic carbocycles. The normalized spacial score (nSPS) is 17.6. The van der Waals surface area contributed by atoms with Gasteiger partial charge in [0.05, 0.1) is 12.5 Å². The summed E-state index contributed by atoms with van der Waals surface area (Å²) in [7, 11) is 5.22. The third kappa shape index (κ3) is 4.60. The molecule has 1 atom stereocenters. The number of likely N-dealkylation sites (tertiary alicyclic amines) is 1. The van der Waals surface area contributed by atoms with Gasteiger partial charge in [0.15, 0.2) is 0 Å². The van der Waals surface area contributed by atoms with Crippen molar-refractivity contribution in [2.75, 3.05) is 34.3 Å². The second-order valence-corrected chi connectivity index (χ2v) is 8.75. The van der Waals surface area contributed by atoms with Crippen LogP contribution >= 0.6 is 0 Å². The Morgan fingerprint density at radius 3 is 2.42 bits per heavy atom. The van der Waals surface area contributed by atoms with E-state index in [0.29, 0.717) is 31.6 Å². The molecule has 0 radical (unpaired) electrons. The number of carbonyl (C=O) groups excluding carboxylic acids is 2. The van der Waals surface area contributed by atoms with Crippen LogP contribution in [0.15, 0.2) is 72.9 Å². The van der Waals surface area contributed by atoms with Crippen molar-refractivity contribution in [3.63, 3.8) is 0 Å². The van der Waals surface area contributed by atoms with Crippen LogP contribution in [0.4, 0.5) is 0 Å². The summed E-state index contributed by atoms with van der Waals surface area (Å²) in [5.41, 5.74) is 2.91. The highest BCUT2D eigenvalue weighted by molar-refractivity contribution is 5.93. The first-order valence-corrected chi connectivity index (χ1v) is 11.1. The highest BCUT2D eigenvalue weighted by Gasteiger charge is 2.47. The van der Waals surface area contributed by atoms with Crippen molar-refractivity contribution in [3.05, 3.63) is 84.2 Å². The highest BCUT2D eigenvalue weighted by atomic mass is 16.5. The van der Waals surface area contributed by atoms with E-state index in [9.17, 15) is 9.59 Å². The third-order valence-electron chi connectivity index (χ3n) is 6.30. The smallest absolute Gasteiger partial charge is 0.272 e. The van der Waals surface area contributed by atoms with Crippen molar-refractivity contribution in [3.8, 4) is 16.9 Å². The van der Waals surface area contributed by atoms with E-state index in [0.717, 1.165) is 22.4 Å². The fourth-order valence-corrected chi connectivity index (χ4v) is 4.64. The van der Waals surface area contributed by atoms with E-state index in [2.05, 4.69) is 29.2 Å². The van der Waals surface area contributed by atoms with Crippen molar-refractivity contribution >= 4 is 11.8 Å². The number of carbonyl (C=O) groups is 2. The molecule has 6 nitrogen and oxygen atoms in total. The summed E-state index contributed by atoms with van der Waals surface area (Å²) in [5, 5.41) is 0. The molecule has 2 heterocycles. The summed E-state index contributed by atoms with van der Waals surface area (Å²) in [4.78, 5) is 33.9. The van der Waals surface area contributed by atoms with Crippen LogP contribution in [-0.4, -0.2) is 60.9 Å².